The van der Waals surface area contributed by atoms with Gasteiger partial charge >= 0.3 is 6.18 Å². The molecule has 4 heteroatoms. The number of halogens is 3. The zero-order chi connectivity index (χ0) is 15.7. The van der Waals surface area contributed by atoms with Gasteiger partial charge in [-0.3, -0.25) is 0 Å². The second-order valence-corrected chi connectivity index (χ2v) is 5.53. The van der Waals surface area contributed by atoms with Crippen LogP contribution < -0.4 is 5.32 Å². The number of benzene rings is 1. The van der Waals surface area contributed by atoms with Gasteiger partial charge < -0.3 is 5.32 Å². The molecule has 0 aromatic heterocycles. The molecule has 1 nitrogen and oxygen atoms in total. The third-order valence-corrected chi connectivity index (χ3v) is 3.71. The number of unbranched alkanes of at least 4 members (excludes halogenated alkanes) is 5. The molecule has 1 rings (SSSR count). The van der Waals surface area contributed by atoms with Gasteiger partial charge in [0.2, 0.25) is 0 Å². The Balaban J connectivity index is 2.41. The molecule has 0 aliphatic heterocycles. The molecule has 0 amide bonds. The number of rotatable bonds is 9. The first-order valence-electron chi connectivity index (χ1n) is 7.86. The maximum Gasteiger partial charge on any atom is 0.416 e. The minimum Gasteiger partial charge on any atom is -0.310 e. The average molecular weight is 301 g/mol. The highest BCUT2D eigenvalue weighted by Crippen LogP contribution is 2.34. The third kappa shape index (κ3) is 6.51. The van der Waals surface area contributed by atoms with E-state index in [4.69, 9.17) is 0 Å². The first-order chi connectivity index (χ1) is 9.96. The highest BCUT2D eigenvalue weighted by molar-refractivity contribution is 5.31. The highest BCUT2D eigenvalue weighted by atomic mass is 19.4. The molecule has 0 aliphatic carbocycles. The van der Waals surface area contributed by atoms with E-state index < -0.39 is 11.7 Å². The number of hydrogen-bond acceptors (Lipinski definition) is 1. The lowest BCUT2D eigenvalue weighted by atomic mass is 10.0. The van der Waals surface area contributed by atoms with Gasteiger partial charge in [0.1, 0.15) is 0 Å². The van der Waals surface area contributed by atoms with Crippen LogP contribution in [0.4, 0.5) is 13.2 Å². The van der Waals surface area contributed by atoms with Gasteiger partial charge in [-0.2, -0.15) is 13.2 Å². The topological polar surface area (TPSA) is 12.0 Å². The van der Waals surface area contributed by atoms with Crippen LogP contribution in [0.1, 0.15) is 69.5 Å². The van der Waals surface area contributed by atoms with Crippen LogP contribution in [-0.4, -0.2) is 6.54 Å². The molecular weight excluding hydrogens is 275 g/mol. The SMILES string of the molecule is CCCCCCCCNC(C)c1ccccc1C(F)(F)F. The first-order valence-corrected chi connectivity index (χ1v) is 7.86. The monoisotopic (exact) mass is 301 g/mol. The van der Waals surface area contributed by atoms with Crippen molar-refractivity contribution < 1.29 is 13.2 Å². The van der Waals surface area contributed by atoms with Crippen LogP contribution in [-0.2, 0) is 6.18 Å². The smallest absolute Gasteiger partial charge is 0.310 e. The Labute approximate surface area is 125 Å². The van der Waals surface area contributed by atoms with Crippen molar-refractivity contribution in [3.8, 4) is 0 Å². The Morgan fingerprint density at radius 3 is 2.29 bits per heavy atom. The maximum absolute atomic E-state index is 12.9. The molecule has 1 N–H and O–H groups in total. The molecule has 0 saturated carbocycles. The van der Waals surface area contributed by atoms with E-state index in [0.29, 0.717) is 5.56 Å². The number of nitrogens with one attached hydrogen (secondary N) is 1. The fourth-order valence-electron chi connectivity index (χ4n) is 2.47. The summed E-state index contributed by atoms with van der Waals surface area (Å²) in [5, 5.41) is 3.20. The van der Waals surface area contributed by atoms with Crippen LogP contribution in [0, 0.1) is 0 Å². The van der Waals surface area contributed by atoms with Gasteiger partial charge in [-0.25, -0.2) is 0 Å². The van der Waals surface area contributed by atoms with E-state index in [2.05, 4.69) is 12.2 Å². The van der Waals surface area contributed by atoms with Crippen LogP contribution in [0.5, 0.6) is 0 Å². The molecule has 0 bridgehead atoms. The minimum atomic E-state index is -4.29. The molecule has 0 aliphatic rings. The van der Waals surface area contributed by atoms with Gasteiger partial charge in [-0.15, -0.1) is 0 Å². The molecule has 1 unspecified atom stereocenters. The Hall–Kier alpha value is -1.03. The molecule has 21 heavy (non-hydrogen) atoms. The summed E-state index contributed by atoms with van der Waals surface area (Å²) in [6.45, 7) is 4.74. The predicted molar refractivity (Wildman–Crippen MR) is 81.2 cm³/mol. The molecule has 120 valence electrons. The summed E-state index contributed by atoms with van der Waals surface area (Å²) >= 11 is 0. The average Bonchev–Trinajstić information content (AvgIpc) is 2.45. The quantitative estimate of drug-likeness (QED) is 0.575. The van der Waals surface area contributed by atoms with Crippen molar-refractivity contribution in [2.24, 2.45) is 0 Å². The lowest BCUT2D eigenvalue weighted by Gasteiger charge is -2.19. The lowest BCUT2D eigenvalue weighted by Crippen LogP contribution is -2.23. The van der Waals surface area contributed by atoms with Crippen molar-refractivity contribution in [3.05, 3.63) is 35.4 Å². The van der Waals surface area contributed by atoms with Crippen LogP contribution in [0.25, 0.3) is 0 Å². The van der Waals surface area contributed by atoms with Gasteiger partial charge in [0.15, 0.2) is 0 Å². The second kappa shape index (κ2) is 9.08. The Morgan fingerprint density at radius 1 is 1.00 bits per heavy atom. The Kier molecular flexibility index (Phi) is 7.79. The van der Waals surface area contributed by atoms with E-state index in [9.17, 15) is 13.2 Å². The molecule has 0 saturated heterocycles. The molecular formula is C17H26F3N. The van der Waals surface area contributed by atoms with Crippen molar-refractivity contribution >= 4 is 0 Å². The van der Waals surface area contributed by atoms with E-state index >= 15 is 0 Å². The van der Waals surface area contributed by atoms with E-state index in [-0.39, 0.29) is 6.04 Å². The summed E-state index contributed by atoms with van der Waals surface area (Å²) in [7, 11) is 0. The van der Waals surface area contributed by atoms with Gasteiger partial charge in [0.25, 0.3) is 0 Å². The predicted octanol–water partition coefficient (Wildman–Crippen LogP) is 5.72. The fraction of sp³-hybridized carbons (Fsp3) is 0.647. The standard InChI is InChI=1S/C17H26F3N/c1-3-4-5-6-7-10-13-21-14(2)15-11-8-9-12-16(15)17(18,19)20/h8-9,11-12,14,21H,3-7,10,13H2,1-2H3. The Bertz CT molecular complexity index is 401. The van der Waals surface area contributed by atoms with Crippen LogP contribution in [0.3, 0.4) is 0 Å². The summed E-state index contributed by atoms with van der Waals surface area (Å²) in [4.78, 5) is 0. The molecule has 0 radical (unpaired) electrons. The van der Waals surface area contributed by atoms with Crippen molar-refractivity contribution in [1.29, 1.82) is 0 Å². The van der Waals surface area contributed by atoms with Gasteiger partial charge in [0, 0.05) is 6.04 Å². The van der Waals surface area contributed by atoms with Crippen LogP contribution in [0.15, 0.2) is 24.3 Å². The largest absolute Gasteiger partial charge is 0.416 e. The summed E-state index contributed by atoms with van der Waals surface area (Å²) in [6.07, 6.45) is 2.83. The molecule has 0 heterocycles. The molecule has 0 spiro atoms. The summed E-state index contributed by atoms with van der Waals surface area (Å²) in [5.41, 5.74) is -0.205. The highest BCUT2D eigenvalue weighted by Gasteiger charge is 2.33. The van der Waals surface area contributed by atoms with E-state index in [1.165, 1.54) is 31.7 Å². The minimum absolute atomic E-state index is 0.279. The molecule has 1 aromatic rings. The molecule has 1 atom stereocenters. The van der Waals surface area contributed by atoms with Crippen LogP contribution >= 0.6 is 0 Å². The van der Waals surface area contributed by atoms with Crippen molar-refractivity contribution in [2.45, 2.75) is 64.6 Å². The van der Waals surface area contributed by atoms with E-state index in [1.54, 1.807) is 19.1 Å². The molecule has 1 aromatic carbocycles. The maximum atomic E-state index is 12.9. The van der Waals surface area contributed by atoms with Crippen molar-refractivity contribution in [3.63, 3.8) is 0 Å². The fourth-order valence-corrected chi connectivity index (χ4v) is 2.47. The third-order valence-electron chi connectivity index (χ3n) is 3.71. The van der Waals surface area contributed by atoms with Gasteiger partial charge in [-0.1, -0.05) is 57.2 Å². The first kappa shape index (κ1) is 18.0. The summed E-state index contributed by atoms with van der Waals surface area (Å²) < 4.78 is 38.8. The zero-order valence-electron chi connectivity index (χ0n) is 13.0. The summed E-state index contributed by atoms with van der Waals surface area (Å²) in [6, 6.07) is 5.53. The number of hydrogen-bond donors (Lipinski definition) is 1. The van der Waals surface area contributed by atoms with Crippen molar-refractivity contribution in [2.75, 3.05) is 6.54 Å². The van der Waals surface area contributed by atoms with Crippen LogP contribution in [0.2, 0.25) is 0 Å². The normalized spacial score (nSPS) is 13.4. The van der Waals surface area contributed by atoms with Gasteiger partial charge in [0.05, 0.1) is 5.56 Å². The van der Waals surface area contributed by atoms with E-state index in [0.717, 1.165) is 25.5 Å². The molecule has 0 fully saturated rings. The van der Waals surface area contributed by atoms with E-state index in [1.807, 2.05) is 0 Å². The summed E-state index contributed by atoms with van der Waals surface area (Å²) in [5.74, 6) is 0. The lowest BCUT2D eigenvalue weighted by molar-refractivity contribution is -0.138. The second-order valence-electron chi connectivity index (χ2n) is 5.53. The Morgan fingerprint density at radius 2 is 1.62 bits per heavy atom. The zero-order valence-corrected chi connectivity index (χ0v) is 13.0. The van der Waals surface area contributed by atoms with Gasteiger partial charge in [-0.05, 0) is 31.5 Å². The van der Waals surface area contributed by atoms with Crippen molar-refractivity contribution in [1.82, 2.24) is 5.32 Å². The number of alkyl halides is 3.